The van der Waals surface area contributed by atoms with Gasteiger partial charge in [-0.2, -0.15) is 15.2 Å². The first-order valence-electron chi connectivity index (χ1n) is 21.7. The number of piperidine rings is 4. The van der Waals surface area contributed by atoms with Gasteiger partial charge in [0.2, 0.25) is 0 Å². The van der Waals surface area contributed by atoms with Gasteiger partial charge in [0.1, 0.15) is 24.4 Å². The lowest BCUT2D eigenvalue weighted by Gasteiger charge is -2.51. The summed E-state index contributed by atoms with van der Waals surface area (Å²) in [5.41, 5.74) is -5.92. The Hall–Kier alpha value is -2.44. The molecule has 4 aliphatic heterocycles. The number of nitrogens with zero attached hydrogens (tertiary/aromatic N) is 4. The summed E-state index contributed by atoms with van der Waals surface area (Å²) in [4.78, 5) is 57.6. The molecule has 0 aromatic rings. The number of hydrogen-bond acceptors (Lipinski definition) is 15. The molecule has 2 atom stereocenters. The minimum Gasteiger partial charge on any atom is -0.462 e. The Morgan fingerprint density at radius 1 is 0.433 bits per heavy atom. The Morgan fingerprint density at radius 3 is 0.867 bits per heavy atom. The quantitative estimate of drug-likeness (QED) is 0.123. The van der Waals surface area contributed by atoms with E-state index >= 15 is 0 Å². The van der Waals surface area contributed by atoms with Crippen LogP contribution in [-0.2, 0) is 38.1 Å². The molecule has 0 saturated carbocycles. The minimum atomic E-state index is -1.53. The fourth-order valence-electron chi connectivity index (χ4n) is 11.2. The molecule has 0 bridgehead atoms. The highest BCUT2D eigenvalue weighted by Crippen LogP contribution is 2.43. The van der Waals surface area contributed by atoms with E-state index in [1.54, 1.807) is 0 Å². The highest BCUT2D eigenvalue weighted by Gasteiger charge is 2.53. The Morgan fingerprint density at radius 2 is 0.633 bits per heavy atom. The van der Waals surface area contributed by atoms with Crippen LogP contribution in [0, 0.1) is 11.8 Å². The second kappa shape index (κ2) is 16.9. The summed E-state index contributed by atoms with van der Waals surface area (Å²) in [5, 5.41) is 46.8. The number of carbonyl (C=O) groups is 4. The second-order valence-electron chi connectivity index (χ2n) is 23.4. The van der Waals surface area contributed by atoms with Crippen LogP contribution in [-0.4, -0.2) is 134 Å². The van der Waals surface area contributed by atoms with Gasteiger partial charge in [-0.25, -0.2) is 0 Å². The van der Waals surface area contributed by atoms with Crippen molar-refractivity contribution >= 4 is 23.9 Å². The molecule has 0 aliphatic carbocycles. The molecule has 4 aliphatic rings. The summed E-state index contributed by atoms with van der Waals surface area (Å²) >= 11 is 0. The van der Waals surface area contributed by atoms with Crippen LogP contribution in [0.2, 0.25) is 0 Å². The molecule has 0 aromatic carbocycles. The van der Waals surface area contributed by atoms with Crippen LogP contribution in [0.5, 0.6) is 0 Å². The van der Waals surface area contributed by atoms with E-state index in [1.165, 1.54) is 20.3 Å². The fraction of sp³-hybridized carbons (Fsp3) is 0.909. The van der Waals surface area contributed by atoms with E-state index in [0.717, 1.165) is 0 Å². The maximum atomic E-state index is 14.7. The first-order valence-corrected chi connectivity index (χ1v) is 21.7. The topological polar surface area (TPSA) is 202 Å². The molecule has 16 nitrogen and oxygen atoms in total. The van der Waals surface area contributed by atoms with Crippen molar-refractivity contribution in [3.63, 3.8) is 0 Å². The highest BCUT2D eigenvalue weighted by atomic mass is 16.6. The number of rotatable bonds is 11. The van der Waals surface area contributed by atoms with Gasteiger partial charge in [-0.1, -0.05) is 5.06 Å². The number of ether oxygens (including phenoxy) is 4. The summed E-state index contributed by atoms with van der Waals surface area (Å²) < 4.78 is 24.5. The van der Waals surface area contributed by atoms with Gasteiger partial charge in [0.25, 0.3) is 0 Å². The zero-order chi connectivity index (χ0) is 46.0. The average molecular weight is 856 g/mol. The van der Waals surface area contributed by atoms with Gasteiger partial charge in [0.15, 0.2) is 0 Å². The predicted molar refractivity (Wildman–Crippen MR) is 222 cm³/mol. The lowest BCUT2D eigenvalue weighted by Crippen LogP contribution is -2.61. The smallest absolute Gasteiger partial charge is 0.310 e. The van der Waals surface area contributed by atoms with E-state index in [1.807, 2.05) is 111 Å². The Balaban J connectivity index is 1.72. The molecule has 60 heavy (non-hydrogen) atoms. The molecular weight excluding hydrogens is 776 g/mol. The van der Waals surface area contributed by atoms with E-state index in [4.69, 9.17) is 24.2 Å². The molecule has 0 amide bonds. The van der Waals surface area contributed by atoms with Gasteiger partial charge in [-0.3, -0.25) is 19.2 Å². The van der Waals surface area contributed by atoms with Crippen molar-refractivity contribution in [2.24, 2.45) is 11.8 Å². The normalized spacial score (nSPS) is 28.3. The molecule has 346 valence electrons. The summed E-state index contributed by atoms with van der Waals surface area (Å²) in [7, 11) is 0. The fourth-order valence-corrected chi connectivity index (χ4v) is 11.2. The number of hydrogen-bond donors (Lipinski definition) is 3. The van der Waals surface area contributed by atoms with Gasteiger partial charge in [0, 0.05) is 84.6 Å². The van der Waals surface area contributed by atoms with E-state index < -0.39 is 117 Å². The van der Waals surface area contributed by atoms with Gasteiger partial charge < -0.3 is 39.8 Å². The molecule has 4 fully saturated rings. The molecule has 0 radical (unpaired) electrons. The van der Waals surface area contributed by atoms with Gasteiger partial charge >= 0.3 is 23.9 Å². The molecule has 4 rings (SSSR count). The summed E-state index contributed by atoms with van der Waals surface area (Å²) in [6.45, 7) is 29.6. The van der Waals surface area contributed by atoms with Crippen molar-refractivity contribution in [3.05, 3.63) is 0 Å². The lowest BCUT2D eigenvalue weighted by atomic mass is 9.79. The highest BCUT2D eigenvalue weighted by molar-refractivity contribution is 5.88. The van der Waals surface area contributed by atoms with Crippen molar-refractivity contribution < 1.29 is 59.0 Å². The van der Waals surface area contributed by atoms with Crippen LogP contribution in [0.4, 0.5) is 0 Å². The lowest BCUT2D eigenvalue weighted by molar-refractivity contribution is -0.262. The largest absolute Gasteiger partial charge is 0.462 e. The molecule has 4 heterocycles. The number of carbonyl (C=O) groups excluding carboxylic acids is 4. The third-order valence-electron chi connectivity index (χ3n) is 13.5. The van der Waals surface area contributed by atoms with Crippen LogP contribution in [0.3, 0.4) is 0 Å². The van der Waals surface area contributed by atoms with Crippen LogP contribution in [0.1, 0.15) is 175 Å². The van der Waals surface area contributed by atoms with E-state index in [-0.39, 0.29) is 25.7 Å². The maximum absolute atomic E-state index is 14.7. The van der Waals surface area contributed by atoms with Crippen LogP contribution in [0.15, 0.2) is 0 Å². The van der Waals surface area contributed by atoms with Crippen LogP contribution in [0.25, 0.3) is 0 Å². The van der Waals surface area contributed by atoms with Crippen LogP contribution >= 0.6 is 0 Å². The SMILES string of the molecule is CC1(C)CC(OC(=O)CC(C(=O)OC2CC(C)(C)N(O)C(C)(C)C2)C(CC(=O)OC2CC(C)(C)N([OH2+])C(C)(C)C2)C(=O)OC2CC(C)(C)N(O)C(C)(C)C2)CC(C)(C)N1O. The number of esters is 4. The number of hydroxylamine groups is 8. The monoisotopic (exact) mass is 856 g/mol. The van der Waals surface area contributed by atoms with Crippen molar-refractivity contribution in [2.75, 3.05) is 0 Å². The Kier molecular flexibility index (Phi) is 14.2. The second-order valence-corrected chi connectivity index (χ2v) is 23.4. The van der Waals surface area contributed by atoms with Gasteiger partial charge in [0.05, 0.1) is 35.8 Å². The van der Waals surface area contributed by atoms with Crippen molar-refractivity contribution in [1.29, 1.82) is 0 Å². The maximum Gasteiger partial charge on any atom is 0.310 e. The Bertz CT molecular complexity index is 1420. The summed E-state index contributed by atoms with van der Waals surface area (Å²) in [6.07, 6.45) is -1.53. The van der Waals surface area contributed by atoms with Gasteiger partial charge in [-0.05, 0) is 111 Å². The van der Waals surface area contributed by atoms with E-state index in [9.17, 15) is 34.8 Å². The predicted octanol–water partition coefficient (Wildman–Crippen LogP) is 6.07. The molecule has 2 unspecified atom stereocenters. The zero-order valence-electron chi connectivity index (χ0n) is 39.4. The molecule has 0 spiro atoms. The molecule has 5 N–H and O–H groups in total. The van der Waals surface area contributed by atoms with Crippen molar-refractivity contribution in [1.82, 2.24) is 20.3 Å². The first-order chi connectivity index (χ1) is 26.9. The standard InChI is InChI=1S/C44H78N4O12/c1-37(2)19-27(20-38(3,4)45(37)53)57-33(49)17-31(35(51)59-29-23-41(9,10)47(55)42(11,12)24-29)32(36(52)60-30-25-43(13,14)48(56)44(15,16)26-30)18-34(50)58-28-21-39(5,6)46(54)40(7,8)22-28/h27-32,53-56H,17-26H2,1-16H3/p+1. The third kappa shape index (κ3) is 11.2. The van der Waals surface area contributed by atoms with Gasteiger partial charge in [-0.15, -0.1) is 0 Å². The Labute approximate surface area is 358 Å². The third-order valence-corrected chi connectivity index (χ3v) is 13.5. The van der Waals surface area contributed by atoms with Crippen molar-refractivity contribution in [2.45, 2.75) is 244 Å². The molecule has 16 heteroatoms. The van der Waals surface area contributed by atoms with E-state index in [2.05, 4.69) is 0 Å². The van der Waals surface area contributed by atoms with Crippen LogP contribution < -0.4 is 0 Å². The minimum absolute atomic E-state index is 0.251. The summed E-state index contributed by atoms with van der Waals surface area (Å²) in [6, 6.07) is 0. The molecular formula is C44H79N4O12+. The zero-order valence-corrected chi connectivity index (χ0v) is 39.4. The van der Waals surface area contributed by atoms with Crippen molar-refractivity contribution in [3.8, 4) is 0 Å². The molecule has 4 saturated heterocycles. The first kappa shape index (κ1) is 50.2. The summed E-state index contributed by atoms with van der Waals surface area (Å²) in [5.74, 6) is -6.37. The van der Waals surface area contributed by atoms with E-state index in [0.29, 0.717) is 25.7 Å². The average Bonchev–Trinajstić information content (AvgIpc) is 3.04. The molecule has 0 aromatic heterocycles.